The van der Waals surface area contributed by atoms with E-state index in [0.29, 0.717) is 18.0 Å². The summed E-state index contributed by atoms with van der Waals surface area (Å²) in [5.74, 6) is 0.235. The maximum atomic E-state index is 12.5. The second kappa shape index (κ2) is 7.59. The Labute approximate surface area is 152 Å². The number of carbonyl (C=O) groups is 2. The Bertz CT molecular complexity index is 815. The molecule has 1 aliphatic heterocycles. The van der Waals surface area contributed by atoms with E-state index in [1.165, 1.54) is 6.92 Å². The molecule has 0 saturated carbocycles. The van der Waals surface area contributed by atoms with Gasteiger partial charge in [0.15, 0.2) is 6.10 Å². The Kier molecular flexibility index (Phi) is 5.25. The molecule has 1 atom stereocenters. The Hall–Kier alpha value is -2.83. The third-order valence-electron chi connectivity index (χ3n) is 4.40. The van der Waals surface area contributed by atoms with Crippen molar-refractivity contribution in [1.82, 2.24) is 15.1 Å². The SMILES string of the molecule is CC(=O)N1C[C@H](C(=O)NCCCn2nc(C)cc2C)Oc2ccccc21. The average molecular weight is 356 g/mol. The number of ether oxygens (including phenoxy) is 1. The molecule has 2 aromatic rings. The normalized spacial score (nSPS) is 16.0. The molecule has 1 N–H and O–H groups in total. The smallest absolute Gasteiger partial charge is 0.262 e. The number of fused-ring (bicyclic) bond motifs is 1. The zero-order valence-electron chi connectivity index (χ0n) is 15.4. The molecular weight excluding hydrogens is 332 g/mol. The largest absolute Gasteiger partial charge is 0.477 e. The summed E-state index contributed by atoms with van der Waals surface area (Å²) < 4.78 is 7.73. The fourth-order valence-electron chi connectivity index (χ4n) is 3.12. The molecule has 0 aliphatic carbocycles. The van der Waals surface area contributed by atoms with Gasteiger partial charge in [-0.15, -0.1) is 0 Å². The summed E-state index contributed by atoms with van der Waals surface area (Å²) in [6.45, 7) is 6.96. The first kappa shape index (κ1) is 18.0. The summed E-state index contributed by atoms with van der Waals surface area (Å²) in [6.07, 6.45) is 0.0652. The molecule has 1 aromatic heterocycles. The topological polar surface area (TPSA) is 76.5 Å². The van der Waals surface area contributed by atoms with Crippen LogP contribution >= 0.6 is 0 Å². The van der Waals surface area contributed by atoms with Crippen LogP contribution in [0.2, 0.25) is 0 Å². The van der Waals surface area contributed by atoms with E-state index >= 15 is 0 Å². The molecule has 2 heterocycles. The third kappa shape index (κ3) is 3.87. The number of nitrogens with zero attached hydrogens (tertiary/aromatic N) is 3. The monoisotopic (exact) mass is 356 g/mol. The molecule has 26 heavy (non-hydrogen) atoms. The predicted molar refractivity (Wildman–Crippen MR) is 98.2 cm³/mol. The van der Waals surface area contributed by atoms with Crippen molar-refractivity contribution in [3.63, 3.8) is 0 Å². The first-order valence-corrected chi connectivity index (χ1v) is 8.78. The molecule has 0 saturated heterocycles. The van der Waals surface area contributed by atoms with Gasteiger partial charge in [-0.05, 0) is 38.5 Å². The molecule has 0 bridgehead atoms. The van der Waals surface area contributed by atoms with E-state index in [0.717, 1.165) is 24.4 Å². The lowest BCUT2D eigenvalue weighted by Gasteiger charge is -2.33. The second-order valence-electron chi connectivity index (χ2n) is 6.50. The van der Waals surface area contributed by atoms with Crippen molar-refractivity contribution in [2.75, 3.05) is 18.0 Å². The Morgan fingerprint density at radius 3 is 2.77 bits per heavy atom. The molecule has 2 amide bonds. The third-order valence-corrected chi connectivity index (χ3v) is 4.40. The van der Waals surface area contributed by atoms with Gasteiger partial charge in [0.05, 0.1) is 17.9 Å². The molecule has 7 heteroatoms. The number of carbonyl (C=O) groups excluding carboxylic acids is 2. The van der Waals surface area contributed by atoms with E-state index in [4.69, 9.17) is 4.74 Å². The van der Waals surface area contributed by atoms with Crippen molar-refractivity contribution >= 4 is 17.5 Å². The van der Waals surface area contributed by atoms with Crippen molar-refractivity contribution in [2.45, 2.75) is 39.8 Å². The van der Waals surface area contributed by atoms with Crippen LogP contribution in [0, 0.1) is 13.8 Å². The molecule has 1 aromatic carbocycles. The van der Waals surface area contributed by atoms with Crippen molar-refractivity contribution in [2.24, 2.45) is 0 Å². The van der Waals surface area contributed by atoms with Crippen molar-refractivity contribution in [3.8, 4) is 5.75 Å². The van der Waals surface area contributed by atoms with Crippen molar-refractivity contribution < 1.29 is 14.3 Å². The molecule has 0 fully saturated rings. The number of hydrogen-bond acceptors (Lipinski definition) is 4. The molecule has 138 valence electrons. The van der Waals surface area contributed by atoms with Gasteiger partial charge in [-0.1, -0.05) is 12.1 Å². The number of aromatic nitrogens is 2. The van der Waals surface area contributed by atoms with Crippen LogP contribution in [0.4, 0.5) is 5.69 Å². The summed E-state index contributed by atoms with van der Waals surface area (Å²) >= 11 is 0. The molecule has 7 nitrogen and oxygen atoms in total. The van der Waals surface area contributed by atoms with Gasteiger partial charge in [-0.3, -0.25) is 14.3 Å². The number of nitrogens with one attached hydrogen (secondary N) is 1. The lowest BCUT2D eigenvalue weighted by Crippen LogP contribution is -2.50. The highest BCUT2D eigenvalue weighted by Crippen LogP contribution is 2.33. The molecule has 0 spiro atoms. The maximum absolute atomic E-state index is 12.5. The first-order chi connectivity index (χ1) is 12.5. The van der Waals surface area contributed by atoms with Crippen LogP contribution in [-0.4, -0.2) is 40.8 Å². The highest BCUT2D eigenvalue weighted by Gasteiger charge is 2.32. The number of aryl methyl sites for hydroxylation is 3. The van der Waals surface area contributed by atoms with Gasteiger partial charge >= 0.3 is 0 Å². The van der Waals surface area contributed by atoms with Crippen LogP contribution in [0.25, 0.3) is 0 Å². The van der Waals surface area contributed by atoms with Crippen LogP contribution in [0.5, 0.6) is 5.75 Å². The lowest BCUT2D eigenvalue weighted by atomic mass is 10.1. The van der Waals surface area contributed by atoms with E-state index in [-0.39, 0.29) is 18.4 Å². The van der Waals surface area contributed by atoms with Crippen LogP contribution in [0.1, 0.15) is 24.7 Å². The zero-order chi connectivity index (χ0) is 18.7. The standard InChI is InChI=1S/C19H24N4O3/c1-13-11-14(2)23(21-13)10-6-9-20-19(25)18-12-22(15(3)24)16-7-4-5-8-17(16)26-18/h4-5,7-8,11,18H,6,9-10,12H2,1-3H3,(H,20,25)/t18-/m1/s1. The van der Waals surface area contributed by atoms with E-state index in [1.807, 2.05) is 42.8 Å². The quantitative estimate of drug-likeness (QED) is 0.829. The fourth-order valence-corrected chi connectivity index (χ4v) is 3.12. The lowest BCUT2D eigenvalue weighted by molar-refractivity contribution is -0.128. The Balaban J connectivity index is 1.55. The van der Waals surface area contributed by atoms with Gasteiger partial charge < -0.3 is 15.0 Å². The highest BCUT2D eigenvalue weighted by molar-refractivity contribution is 5.95. The summed E-state index contributed by atoms with van der Waals surface area (Å²) in [5, 5.41) is 7.30. The number of benzene rings is 1. The van der Waals surface area contributed by atoms with Gasteiger partial charge in [0.25, 0.3) is 5.91 Å². The Morgan fingerprint density at radius 1 is 1.31 bits per heavy atom. The zero-order valence-corrected chi connectivity index (χ0v) is 15.4. The fraction of sp³-hybridized carbons (Fsp3) is 0.421. The number of anilines is 1. The number of rotatable bonds is 5. The van der Waals surface area contributed by atoms with Crippen LogP contribution in [-0.2, 0) is 16.1 Å². The molecule has 3 rings (SSSR count). The predicted octanol–water partition coefficient (Wildman–Crippen LogP) is 1.82. The van der Waals surface area contributed by atoms with E-state index in [9.17, 15) is 9.59 Å². The number of hydrogen-bond donors (Lipinski definition) is 1. The van der Waals surface area contributed by atoms with Crippen molar-refractivity contribution in [3.05, 3.63) is 41.7 Å². The summed E-state index contributed by atoms with van der Waals surface area (Å²) in [7, 11) is 0. The molecule has 1 aliphatic rings. The second-order valence-corrected chi connectivity index (χ2v) is 6.50. The molecule has 0 radical (unpaired) electrons. The van der Waals surface area contributed by atoms with Gasteiger partial charge in [0.1, 0.15) is 5.75 Å². The van der Waals surface area contributed by atoms with E-state index < -0.39 is 6.10 Å². The van der Waals surface area contributed by atoms with Gasteiger partial charge in [0.2, 0.25) is 5.91 Å². The summed E-state index contributed by atoms with van der Waals surface area (Å²) in [6, 6.07) is 9.29. The van der Waals surface area contributed by atoms with E-state index in [1.54, 1.807) is 11.0 Å². The van der Waals surface area contributed by atoms with Crippen LogP contribution < -0.4 is 15.0 Å². The number of para-hydroxylation sites is 2. The maximum Gasteiger partial charge on any atom is 0.262 e. The minimum absolute atomic E-state index is 0.108. The van der Waals surface area contributed by atoms with Crippen LogP contribution in [0.3, 0.4) is 0 Å². The van der Waals surface area contributed by atoms with Crippen LogP contribution in [0.15, 0.2) is 30.3 Å². The first-order valence-electron chi connectivity index (χ1n) is 8.78. The highest BCUT2D eigenvalue weighted by atomic mass is 16.5. The average Bonchev–Trinajstić information content (AvgIpc) is 2.94. The minimum atomic E-state index is -0.706. The molecular formula is C19H24N4O3. The van der Waals surface area contributed by atoms with Crippen molar-refractivity contribution in [1.29, 1.82) is 0 Å². The summed E-state index contributed by atoms with van der Waals surface area (Å²) in [5.41, 5.74) is 2.80. The number of amides is 2. The van der Waals surface area contributed by atoms with Gasteiger partial charge in [0, 0.05) is 25.7 Å². The Morgan fingerprint density at radius 2 is 2.08 bits per heavy atom. The molecule has 0 unspecified atom stereocenters. The van der Waals surface area contributed by atoms with Gasteiger partial charge in [-0.25, -0.2) is 0 Å². The van der Waals surface area contributed by atoms with Gasteiger partial charge in [-0.2, -0.15) is 5.10 Å². The minimum Gasteiger partial charge on any atom is -0.477 e. The van der Waals surface area contributed by atoms with E-state index in [2.05, 4.69) is 10.4 Å². The summed E-state index contributed by atoms with van der Waals surface area (Å²) in [4.78, 5) is 26.0.